The third kappa shape index (κ3) is 2.41. The molecule has 5 nitrogen and oxygen atoms in total. The molecule has 0 unspecified atom stereocenters. The van der Waals surface area contributed by atoms with Gasteiger partial charge in [-0.25, -0.2) is 4.98 Å². The number of carboxylic acid groups (broad SMARTS) is 1. The first kappa shape index (κ1) is 12.7. The Morgan fingerprint density at radius 2 is 2.25 bits per heavy atom. The normalized spacial score (nSPS) is 12.1. The maximum Gasteiger partial charge on any atom is 0.323 e. The summed E-state index contributed by atoms with van der Waals surface area (Å²) in [5.41, 5.74) is 0.148. The van der Waals surface area contributed by atoms with E-state index in [2.05, 4.69) is 4.98 Å². The molecule has 0 radical (unpaired) electrons. The van der Waals surface area contributed by atoms with Crippen LogP contribution in [0.3, 0.4) is 0 Å². The molecule has 0 amide bonds. The third-order valence-corrected chi connectivity index (χ3v) is 2.96. The number of carbonyl (C=O) groups is 1. The second-order valence-corrected chi connectivity index (χ2v) is 4.37. The first-order valence-corrected chi connectivity index (χ1v) is 5.33. The minimum absolute atomic E-state index is 0.590. The van der Waals surface area contributed by atoms with E-state index in [1.807, 2.05) is 23.4 Å². The molecule has 90 valence electrons. The highest BCUT2D eigenvalue weighted by Crippen LogP contribution is 2.17. The molecule has 1 rings (SSSR count). The molecular formula is C11H19N3O2. The van der Waals surface area contributed by atoms with E-state index in [9.17, 15) is 9.90 Å². The predicted molar refractivity (Wildman–Crippen MR) is 61.0 cm³/mol. The van der Waals surface area contributed by atoms with Gasteiger partial charge in [0.25, 0.3) is 0 Å². The fraction of sp³-hybridized carbons (Fsp3) is 0.636. The molecule has 0 spiro atoms. The van der Waals surface area contributed by atoms with E-state index in [0.717, 1.165) is 5.69 Å². The SMILES string of the molecule is CCN(Cc1cncn1C)C(C)(C)C(=O)O. The fourth-order valence-corrected chi connectivity index (χ4v) is 1.57. The third-order valence-electron chi connectivity index (χ3n) is 2.96. The molecule has 1 aromatic heterocycles. The Morgan fingerprint density at radius 3 is 2.62 bits per heavy atom. The summed E-state index contributed by atoms with van der Waals surface area (Å²) in [6.07, 6.45) is 3.48. The van der Waals surface area contributed by atoms with Crippen molar-refractivity contribution >= 4 is 5.97 Å². The van der Waals surface area contributed by atoms with Gasteiger partial charge < -0.3 is 9.67 Å². The number of carboxylic acids is 1. The molecule has 0 bridgehead atoms. The van der Waals surface area contributed by atoms with Crippen molar-refractivity contribution in [3.05, 3.63) is 18.2 Å². The number of aliphatic carboxylic acids is 1. The van der Waals surface area contributed by atoms with Crippen LogP contribution >= 0.6 is 0 Å². The van der Waals surface area contributed by atoms with Crippen LogP contribution in [-0.2, 0) is 18.4 Å². The van der Waals surface area contributed by atoms with Crippen LogP contribution in [0, 0.1) is 0 Å². The largest absolute Gasteiger partial charge is 0.480 e. The summed E-state index contributed by atoms with van der Waals surface area (Å²) < 4.78 is 1.90. The van der Waals surface area contributed by atoms with Crippen LogP contribution in [0.2, 0.25) is 0 Å². The number of rotatable bonds is 5. The number of likely N-dealkylation sites (N-methyl/N-ethyl adjacent to an activating group) is 1. The van der Waals surface area contributed by atoms with E-state index in [-0.39, 0.29) is 0 Å². The molecule has 0 aromatic carbocycles. The summed E-state index contributed by atoms with van der Waals surface area (Å²) in [4.78, 5) is 17.1. The van der Waals surface area contributed by atoms with Gasteiger partial charge in [0.05, 0.1) is 12.0 Å². The monoisotopic (exact) mass is 225 g/mol. The molecule has 0 aliphatic rings. The summed E-state index contributed by atoms with van der Waals surface area (Å²) in [5, 5.41) is 9.18. The summed E-state index contributed by atoms with van der Waals surface area (Å²) in [6, 6.07) is 0. The number of hydrogen-bond acceptors (Lipinski definition) is 3. The van der Waals surface area contributed by atoms with Crippen molar-refractivity contribution in [3.63, 3.8) is 0 Å². The van der Waals surface area contributed by atoms with Gasteiger partial charge in [-0.2, -0.15) is 0 Å². The Morgan fingerprint density at radius 1 is 1.62 bits per heavy atom. The van der Waals surface area contributed by atoms with E-state index in [1.54, 1.807) is 26.4 Å². The van der Waals surface area contributed by atoms with Gasteiger partial charge in [0.15, 0.2) is 0 Å². The van der Waals surface area contributed by atoms with E-state index in [1.165, 1.54) is 0 Å². The number of nitrogens with zero attached hydrogens (tertiary/aromatic N) is 3. The first-order valence-electron chi connectivity index (χ1n) is 5.33. The van der Waals surface area contributed by atoms with Gasteiger partial charge in [0.1, 0.15) is 5.54 Å². The second kappa shape index (κ2) is 4.65. The zero-order chi connectivity index (χ0) is 12.3. The average Bonchev–Trinajstić information content (AvgIpc) is 2.60. The molecule has 0 aliphatic heterocycles. The Kier molecular flexibility index (Phi) is 3.70. The summed E-state index contributed by atoms with van der Waals surface area (Å²) in [6.45, 7) is 6.67. The van der Waals surface area contributed by atoms with Gasteiger partial charge >= 0.3 is 5.97 Å². The zero-order valence-corrected chi connectivity index (χ0v) is 10.3. The molecular weight excluding hydrogens is 206 g/mol. The lowest BCUT2D eigenvalue weighted by molar-refractivity contribution is -0.149. The van der Waals surface area contributed by atoms with Gasteiger partial charge in [-0.1, -0.05) is 6.92 Å². The standard InChI is InChI=1S/C11H19N3O2/c1-5-14(11(2,3)10(15)16)7-9-6-12-8-13(9)4/h6,8H,5,7H2,1-4H3,(H,15,16). The van der Waals surface area contributed by atoms with E-state index in [0.29, 0.717) is 13.1 Å². The van der Waals surface area contributed by atoms with Crippen LogP contribution in [0.5, 0.6) is 0 Å². The summed E-state index contributed by atoms with van der Waals surface area (Å²) >= 11 is 0. The summed E-state index contributed by atoms with van der Waals surface area (Å²) in [7, 11) is 1.91. The Balaban J connectivity index is 2.85. The van der Waals surface area contributed by atoms with Crippen molar-refractivity contribution in [3.8, 4) is 0 Å². The maximum atomic E-state index is 11.2. The molecule has 0 fully saturated rings. The highest BCUT2D eigenvalue weighted by Gasteiger charge is 2.33. The highest BCUT2D eigenvalue weighted by atomic mass is 16.4. The molecule has 0 atom stereocenters. The minimum Gasteiger partial charge on any atom is -0.480 e. The number of imidazole rings is 1. The van der Waals surface area contributed by atoms with Crippen LogP contribution in [-0.4, -0.2) is 37.6 Å². The Labute approximate surface area is 95.7 Å². The van der Waals surface area contributed by atoms with Crippen LogP contribution in [0.1, 0.15) is 26.5 Å². The van der Waals surface area contributed by atoms with E-state index < -0.39 is 11.5 Å². The van der Waals surface area contributed by atoms with Crippen molar-refractivity contribution < 1.29 is 9.90 Å². The van der Waals surface area contributed by atoms with Gasteiger partial charge in [-0.05, 0) is 20.4 Å². The van der Waals surface area contributed by atoms with Crippen LogP contribution in [0.15, 0.2) is 12.5 Å². The van der Waals surface area contributed by atoms with Crippen molar-refractivity contribution in [2.45, 2.75) is 32.9 Å². The predicted octanol–water partition coefficient (Wildman–Crippen LogP) is 1.11. The molecule has 0 saturated heterocycles. The molecule has 1 aromatic rings. The average molecular weight is 225 g/mol. The van der Waals surface area contributed by atoms with Gasteiger partial charge in [0.2, 0.25) is 0 Å². The molecule has 0 aliphatic carbocycles. The first-order chi connectivity index (χ1) is 7.39. The van der Waals surface area contributed by atoms with Crippen molar-refractivity contribution in [1.82, 2.24) is 14.5 Å². The Bertz CT molecular complexity index is 371. The topological polar surface area (TPSA) is 58.4 Å². The van der Waals surface area contributed by atoms with Crippen molar-refractivity contribution in [2.75, 3.05) is 6.54 Å². The smallest absolute Gasteiger partial charge is 0.323 e. The minimum atomic E-state index is -0.862. The van der Waals surface area contributed by atoms with Gasteiger partial charge in [-0.15, -0.1) is 0 Å². The van der Waals surface area contributed by atoms with Crippen LogP contribution in [0.25, 0.3) is 0 Å². The van der Waals surface area contributed by atoms with Crippen molar-refractivity contribution in [1.29, 1.82) is 0 Å². The van der Waals surface area contributed by atoms with Gasteiger partial charge in [0, 0.05) is 19.8 Å². The maximum absolute atomic E-state index is 11.2. The second-order valence-electron chi connectivity index (χ2n) is 4.37. The summed E-state index contributed by atoms with van der Waals surface area (Å²) in [5.74, 6) is -0.809. The highest BCUT2D eigenvalue weighted by molar-refractivity contribution is 5.77. The van der Waals surface area contributed by atoms with Crippen molar-refractivity contribution in [2.24, 2.45) is 7.05 Å². The number of hydrogen-bond donors (Lipinski definition) is 1. The fourth-order valence-electron chi connectivity index (χ4n) is 1.57. The zero-order valence-electron chi connectivity index (χ0n) is 10.3. The van der Waals surface area contributed by atoms with Crippen LogP contribution < -0.4 is 0 Å². The molecule has 1 heterocycles. The lowest BCUT2D eigenvalue weighted by Gasteiger charge is -2.33. The van der Waals surface area contributed by atoms with Crippen LogP contribution in [0.4, 0.5) is 0 Å². The quantitative estimate of drug-likeness (QED) is 0.815. The van der Waals surface area contributed by atoms with E-state index >= 15 is 0 Å². The lowest BCUT2D eigenvalue weighted by Crippen LogP contribution is -2.49. The Hall–Kier alpha value is -1.36. The molecule has 5 heteroatoms. The molecule has 16 heavy (non-hydrogen) atoms. The number of aromatic nitrogens is 2. The molecule has 0 saturated carbocycles. The number of aryl methyl sites for hydroxylation is 1. The lowest BCUT2D eigenvalue weighted by atomic mass is 10.0. The molecule has 1 N–H and O–H groups in total. The van der Waals surface area contributed by atoms with E-state index in [4.69, 9.17) is 0 Å². The van der Waals surface area contributed by atoms with Gasteiger partial charge in [-0.3, -0.25) is 9.69 Å².